The molecule has 1 unspecified atom stereocenters. The minimum atomic E-state index is -0.463. The molecule has 21 heavy (non-hydrogen) atoms. The molecule has 8 nitrogen and oxygen atoms in total. The summed E-state index contributed by atoms with van der Waals surface area (Å²) in [6.07, 6.45) is 5.04. The number of nitro groups is 1. The van der Waals surface area contributed by atoms with E-state index in [0.717, 1.165) is 5.56 Å². The molecular formula is C13H18N6O2. The predicted molar refractivity (Wildman–Crippen MR) is 79.0 cm³/mol. The van der Waals surface area contributed by atoms with Crippen molar-refractivity contribution < 1.29 is 4.92 Å². The van der Waals surface area contributed by atoms with Gasteiger partial charge in [-0.25, -0.2) is 4.98 Å². The number of nitrogens with zero attached hydrogens (tertiary/aromatic N) is 5. The number of rotatable bonds is 6. The molecule has 2 aromatic heterocycles. The van der Waals surface area contributed by atoms with Gasteiger partial charge >= 0.3 is 0 Å². The maximum atomic E-state index is 10.6. The molecule has 2 heterocycles. The van der Waals surface area contributed by atoms with E-state index in [4.69, 9.17) is 0 Å². The van der Waals surface area contributed by atoms with Gasteiger partial charge in [0.15, 0.2) is 0 Å². The number of hydrogen-bond donors (Lipinski definition) is 1. The van der Waals surface area contributed by atoms with Gasteiger partial charge < -0.3 is 10.2 Å². The number of aryl methyl sites for hydroxylation is 1. The zero-order chi connectivity index (χ0) is 15.4. The quantitative estimate of drug-likeness (QED) is 0.639. The van der Waals surface area contributed by atoms with E-state index in [9.17, 15) is 10.1 Å². The molecule has 0 amide bonds. The van der Waals surface area contributed by atoms with Crippen LogP contribution in [0.2, 0.25) is 0 Å². The highest BCUT2D eigenvalue weighted by Gasteiger charge is 2.16. The molecule has 2 aromatic rings. The number of hydrogen-bond acceptors (Lipinski definition) is 6. The normalized spacial score (nSPS) is 12.4. The third-order valence-corrected chi connectivity index (χ3v) is 3.17. The second kappa shape index (κ2) is 6.31. The highest BCUT2D eigenvalue weighted by molar-refractivity contribution is 5.40. The Kier molecular flexibility index (Phi) is 4.49. The average molecular weight is 290 g/mol. The molecule has 0 saturated carbocycles. The summed E-state index contributed by atoms with van der Waals surface area (Å²) in [5.41, 5.74) is 1.08. The fourth-order valence-electron chi connectivity index (χ4n) is 2.01. The lowest BCUT2D eigenvalue weighted by atomic mass is 10.1. The van der Waals surface area contributed by atoms with Crippen LogP contribution in [-0.2, 0) is 7.05 Å². The fourth-order valence-corrected chi connectivity index (χ4v) is 2.01. The van der Waals surface area contributed by atoms with Gasteiger partial charge in [-0.1, -0.05) is 0 Å². The van der Waals surface area contributed by atoms with Crippen LogP contribution < -0.4 is 5.32 Å². The second-order valence-corrected chi connectivity index (χ2v) is 4.97. The Morgan fingerprint density at radius 1 is 1.43 bits per heavy atom. The van der Waals surface area contributed by atoms with Crippen molar-refractivity contribution in [3.05, 3.63) is 46.4 Å². The van der Waals surface area contributed by atoms with E-state index in [1.54, 1.807) is 10.7 Å². The van der Waals surface area contributed by atoms with E-state index in [-0.39, 0.29) is 11.7 Å². The third kappa shape index (κ3) is 3.76. The topological polar surface area (TPSA) is 89.1 Å². The molecule has 0 aliphatic rings. The van der Waals surface area contributed by atoms with Crippen LogP contribution in [0.3, 0.4) is 0 Å². The largest absolute Gasteiger partial charge is 0.368 e. The van der Waals surface area contributed by atoms with Gasteiger partial charge in [0.2, 0.25) is 0 Å². The zero-order valence-electron chi connectivity index (χ0n) is 12.2. The molecule has 0 spiro atoms. The van der Waals surface area contributed by atoms with Gasteiger partial charge in [-0.2, -0.15) is 5.10 Å². The standard InChI is InChI=1S/C13H18N6O2/c1-17(2)12(10-6-16-18(3)9-10)8-15-13-5-4-11(7-14-13)19(20)21/h4-7,9,12H,8H2,1-3H3,(H,14,15). The summed E-state index contributed by atoms with van der Waals surface area (Å²) in [7, 11) is 5.85. The van der Waals surface area contributed by atoms with Crippen LogP contribution in [0.1, 0.15) is 11.6 Å². The molecule has 112 valence electrons. The first-order valence-corrected chi connectivity index (χ1v) is 6.46. The van der Waals surface area contributed by atoms with Crippen LogP contribution in [0.15, 0.2) is 30.7 Å². The SMILES string of the molecule is CN(C)C(CNc1ccc([N+](=O)[O-])cn1)c1cnn(C)c1. The van der Waals surface area contributed by atoms with Gasteiger partial charge in [-0.15, -0.1) is 0 Å². The Labute approximate surface area is 122 Å². The van der Waals surface area contributed by atoms with Gasteiger partial charge in [-0.05, 0) is 20.2 Å². The molecule has 8 heteroatoms. The smallest absolute Gasteiger partial charge is 0.287 e. The molecule has 0 bridgehead atoms. The number of nitrogens with one attached hydrogen (secondary N) is 1. The van der Waals surface area contributed by atoms with Crippen LogP contribution >= 0.6 is 0 Å². The molecule has 0 aliphatic carbocycles. The van der Waals surface area contributed by atoms with Crippen LogP contribution in [0.25, 0.3) is 0 Å². The van der Waals surface area contributed by atoms with Crippen molar-refractivity contribution in [2.45, 2.75) is 6.04 Å². The van der Waals surface area contributed by atoms with Gasteiger partial charge in [0.25, 0.3) is 5.69 Å². The monoisotopic (exact) mass is 290 g/mol. The van der Waals surface area contributed by atoms with Crippen molar-refractivity contribution in [2.24, 2.45) is 7.05 Å². The van der Waals surface area contributed by atoms with Gasteiger partial charge in [0, 0.05) is 31.4 Å². The van der Waals surface area contributed by atoms with Crippen molar-refractivity contribution in [1.29, 1.82) is 0 Å². The lowest BCUT2D eigenvalue weighted by Crippen LogP contribution is -2.26. The molecule has 1 atom stereocenters. The van der Waals surface area contributed by atoms with E-state index in [0.29, 0.717) is 12.4 Å². The van der Waals surface area contributed by atoms with Crippen LogP contribution in [0.5, 0.6) is 0 Å². The first kappa shape index (κ1) is 14.9. The predicted octanol–water partition coefficient (Wildman–Crippen LogP) is 1.44. The summed E-state index contributed by atoms with van der Waals surface area (Å²) < 4.78 is 1.76. The van der Waals surface area contributed by atoms with E-state index < -0.39 is 4.92 Å². The Hall–Kier alpha value is -2.48. The van der Waals surface area contributed by atoms with Crippen molar-refractivity contribution in [3.63, 3.8) is 0 Å². The lowest BCUT2D eigenvalue weighted by molar-refractivity contribution is -0.385. The van der Waals surface area contributed by atoms with E-state index in [2.05, 4.69) is 20.3 Å². The zero-order valence-corrected chi connectivity index (χ0v) is 12.2. The first-order chi connectivity index (χ1) is 9.97. The summed E-state index contributed by atoms with van der Waals surface area (Å²) in [6, 6.07) is 3.17. The molecule has 0 radical (unpaired) electrons. The highest BCUT2D eigenvalue weighted by atomic mass is 16.6. The maximum absolute atomic E-state index is 10.6. The second-order valence-electron chi connectivity index (χ2n) is 4.97. The fraction of sp³-hybridized carbons (Fsp3) is 0.385. The van der Waals surface area contributed by atoms with Gasteiger partial charge in [0.05, 0.1) is 17.2 Å². The molecule has 0 fully saturated rings. The van der Waals surface area contributed by atoms with Crippen LogP contribution in [-0.4, -0.2) is 45.2 Å². The average Bonchev–Trinajstić information content (AvgIpc) is 2.85. The molecule has 1 N–H and O–H groups in total. The highest BCUT2D eigenvalue weighted by Crippen LogP contribution is 2.18. The molecule has 2 rings (SSSR count). The Balaban J connectivity index is 2.03. The van der Waals surface area contributed by atoms with Crippen molar-refractivity contribution in [1.82, 2.24) is 19.7 Å². The van der Waals surface area contributed by atoms with E-state index >= 15 is 0 Å². The Bertz CT molecular complexity index is 607. The summed E-state index contributed by atoms with van der Waals surface area (Å²) in [6.45, 7) is 0.628. The lowest BCUT2D eigenvalue weighted by Gasteiger charge is -2.23. The third-order valence-electron chi connectivity index (χ3n) is 3.17. The number of likely N-dealkylation sites (N-methyl/N-ethyl adjacent to an activating group) is 1. The Morgan fingerprint density at radius 3 is 2.67 bits per heavy atom. The molecular weight excluding hydrogens is 272 g/mol. The summed E-state index contributed by atoms with van der Waals surface area (Å²) in [5, 5.41) is 17.9. The number of pyridine rings is 1. The van der Waals surface area contributed by atoms with Gasteiger partial charge in [0.1, 0.15) is 12.0 Å². The van der Waals surface area contributed by atoms with Crippen molar-refractivity contribution >= 4 is 11.5 Å². The van der Waals surface area contributed by atoms with Crippen molar-refractivity contribution in [3.8, 4) is 0 Å². The van der Waals surface area contributed by atoms with E-state index in [1.165, 1.54) is 12.3 Å². The van der Waals surface area contributed by atoms with Crippen molar-refractivity contribution in [2.75, 3.05) is 26.0 Å². The first-order valence-electron chi connectivity index (χ1n) is 6.46. The van der Waals surface area contributed by atoms with Gasteiger partial charge in [-0.3, -0.25) is 14.8 Å². The summed E-state index contributed by atoms with van der Waals surface area (Å²) in [4.78, 5) is 16.2. The minimum absolute atomic E-state index is 0.0167. The van der Waals surface area contributed by atoms with Crippen LogP contribution in [0, 0.1) is 10.1 Å². The Morgan fingerprint density at radius 2 is 2.19 bits per heavy atom. The molecule has 0 aliphatic heterocycles. The summed E-state index contributed by atoms with van der Waals surface area (Å²) in [5.74, 6) is 0.608. The van der Waals surface area contributed by atoms with E-state index in [1.807, 2.05) is 33.5 Å². The minimum Gasteiger partial charge on any atom is -0.368 e. The van der Waals surface area contributed by atoms with Crippen LogP contribution in [0.4, 0.5) is 11.5 Å². The molecule has 0 saturated heterocycles. The summed E-state index contributed by atoms with van der Waals surface area (Å²) >= 11 is 0. The number of aromatic nitrogens is 3. The molecule has 0 aromatic carbocycles. The number of anilines is 1. The maximum Gasteiger partial charge on any atom is 0.287 e.